The summed E-state index contributed by atoms with van der Waals surface area (Å²) in [6.45, 7) is 2.19. The zero-order valence-corrected chi connectivity index (χ0v) is 15.9. The summed E-state index contributed by atoms with van der Waals surface area (Å²) in [7, 11) is 0. The van der Waals surface area contributed by atoms with Crippen LogP contribution in [0.3, 0.4) is 0 Å². The molecule has 2 aliphatic heterocycles. The van der Waals surface area contributed by atoms with Gasteiger partial charge in [-0.3, -0.25) is 4.79 Å². The Morgan fingerprint density at radius 3 is 2.78 bits per heavy atom. The van der Waals surface area contributed by atoms with Crippen LogP contribution in [0.25, 0.3) is 0 Å². The number of amides is 1. The molecule has 7 heteroatoms. The molecule has 0 spiro atoms. The number of ether oxygens (including phenoxy) is 1. The van der Waals surface area contributed by atoms with Crippen molar-refractivity contribution in [1.82, 2.24) is 10.2 Å². The predicted molar refractivity (Wildman–Crippen MR) is 103 cm³/mol. The predicted octanol–water partition coefficient (Wildman–Crippen LogP) is 2.35. The third-order valence-corrected chi connectivity index (χ3v) is 5.46. The van der Waals surface area contributed by atoms with Crippen LogP contribution in [0.15, 0.2) is 42.2 Å². The van der Waals surface area contributed by atoms with Gasteiger partial charge in [0.1, 0.15) is 5.75 Å². The number of aromatic hydroxyl groups is 1. The number of nitrogens with zero attached hydrogens (tertiary/aromatic N) is 1. The van der Waals surface area contributed by atoms with Gasteiger partial charge in [0, 0.05) is 54.4 Å². The van der Waals surface area contributed by atoms with E-state index < -0.39 is 0 Å². The van der Waals surface area contributed by atoms with Gasteiger partial charge < -0.3 is 25.2 Å². The first-order chi connectivity index (χ1) is 13.0. The molecule has 1 fully saturated rings. The van der Waals surface area contributed by atoms with Gasteiger partial charge in [-0.1, -0.05) is 11.6 Å². The Morgan fingerprint density at radius 1 is 1.33 bits per heavy atom. The fraction of sp³-hybridized carbons (Fsp3) is 0.450. The molecular weight excluding hydrogens is 368 g/mol. The molecule has 2 aliphatic rings. The van der Waals surface area contributed by atoms with Crippen molar-refractivity contribution < 1.29 is 19.7 Å². The summed E-state index contributed by atoms with van der Waals surface area (Å²) >= 11 is 5.92. The first-order valence-corrected chi connectivity index (χ1v) is 9.51. The van der Waals surface area contributed by atoms with Gasteiger partial charge in [-0.05, 0) is 49.6 Å². The van der Waals surface area contributed by atoms with Crippen molar-refractivity contribution in [1.29, 1.82) is 0 Å². The van der Waals surface area contributed by atoms with E-state index in [9.17, 15) is 15.0 Å². The molecule has 0 aliphatic carbocycles. The normalized spacial score (nSPS) is 18.9. The molecule has 0 aromatic heterocycles. The standard InChI is InChI=1S/C20H25ClN2O4/c21-16-1-2-18(25)15(13-16)14-19(26)22-17-3-8-23(9-4-17)20(5-10-24)6-11-27-12-7-20/h1-4,8,13,24-25H,5-7,9-12,14H2,(H,22,26). The van der Waals surface area contributed by atoms with Crippen molar-refractivity contribution in [3.63, 3.8) is 0 Å². The molecule has 6 nitrogen and oxygen atoms in total. The van der Waals surface area contributed by atoms with Gasteiger partial charge in [-0.2, -0.15) is 0 Å². The Hall–Kier alpha value is -2.02. The first-order valence-electron chi connectivity index (χ1n) is 9.13. The van der Waals surface area contributed by atoms with Crippen LogP contribution in [0.1, 0.15) is 24.8 Å². The average molecular weight is 393 g/mol. The summed E-state index contributed by atoms with van der Waals surface area (Å²) in [6.07, 6.45) is 8.31. The molecule has 1 amide bonds. The van der Waals surface area contributed by atoms with Gasteiger partial charge in [0.05, 0.1) is 6.42 Å². The smallest absolute Gasteiger partial charge is 0.228 e. The second-order valence-corrected chi connectivity index (χ2v) is 7.37. The zero-order valence-electron chi connectivity index (χ0n) is 15.2. The summed E-state index contributed by atoms with van der Waals surface area (Å²) in [4.78, 5) is 14.5. The van der Waals surface area contributed by atoms with Crippen LogP contribution in [0, 0.1) is 0 Å². The Kier molecular flexibility index (Phi) is 6.42. The Balaban J connectivity index is 1.59. The van der Waals surface area contributed by atoms with Gasteiger partial charge in [-0.15, -0.1) is 0 Å². The number of carbonyl (C=O) groups excluding carboxylic acids is 1. The minimum absolute atomic E-state index is 0.0487. The van der Waals surface area contributed by atoms with E-state index in [4.69, 9.17) is 16.3 Å². The molecule has 1 saturated heterocycles. The van der Waals surface area contributed by atoms with E-state index in [0.717, 1.165) is 18.5 Å². The van der Waals surface area contributed by atoms with Crippen LogP contribution < -0.4 is 5.32 Å². The van der Waals surface area contributed by atoms with Gasteiger partial charge in [0.2, 0.25) is 5.91 Å². The van der Waals surface area contributed by atoms with Crippen LogP contribution in [0.2, 0.25) is 5.02 Å². The fourth-order valence-corrected chi connectivity index (χ4v) is 3.85. The van der Waals surface area contributed by atoms with Crippen molar-refractivity contribution in [2.24, 2.45) is 0 Å². The van der Waals surface area contributed by atoms with E-state index in [2.05, 4.69) is 10.2 Å². The highest BCUT2D eigenvalue weighted by Gasteiger charge is 2.36. The highest BCUT2D eigenvalue weighted by atomic mass is 35.5. The molecule has 27 heavy (non-hydrogen) atoms. The minimum Gasteiger partial charge on any atom is -0.508 e. The number of rotatable bonds is 6. The van der Waals surface area contributed by atoms with Gasteiger partial charge >= 0.3 is 0 Å². The minimum atomic E-state index is -0.215. The van der Waals surface area contributed by atoms with Crippen LogP contribution in [-0.4, -0.2) is 52.9 Å². The Bertz CT molecular complexity index is 736. The molecule has 3 N–H and O–H groups in total. The fourth-order valence-electron chi connectivity index (χ4n) is 3.65. The maximum atomic E-state index is 12.3. The van der Waals surface area contributed by atoms with Gasteiger partial charge in [0.15, 0.2) is 0 Å². The van der Waals surface area contributed by atoms with E-state index in [1.807, 2.05) is 18.4 Å². The summed E-state index contributed by atoms with van der Waals surface area (Å²) in [5.41, 5.74) is 1.12. The summed E-state index contributed by atoms with van der Waals surface area (Å²) < 4.78 is 5.48. The molecule has 0 saturated carbocycles. The largest absolute Gasteiger partial charge is 0.508 e. The number of nitrogens with one attached hydrogen (secondary N) is 1. The molecule has 0 unspecified atom stereocenters. The number of hydrogen-bond acceptors (Lipinski definition) is 5. The number of phenols is 1. The van der Waals surface area contributed by atoms with Crippen molar-refractivity contribution >= 4 is 17.5 Å². The van der Waals surface area contributed by atoms with Crippen molar-refractivity contribution in [2.45, 2.75) is 31.2 Å². The van der Waals surface area contributed by atoms with E-state index in [1.165, 1.54) is 6.07 Å². The van der Waals surface area contributed by atoms with E-state index >= 15 is 0 Å². The van der Waals surface area contributed by atoms with Crippen LogP contribution in [0.4, 0.5) is 0 Å². The topological polar surface area (TPSA) is 82.0 Å². The van der Waals surface area contributed by atoms with Gasteiger partial charge in [-0.25, -0.2) is 0 Å². The maximum Gasteiger partial charge on any atom is 0.228 e. The Morgan fingerprint density at radius 2 is 2.11 bits per heavy atom. The molecule has 146 valence electrons. The molecule has 1 aromatic rings. The number of hydrogen-bond donors (Lipinski definition) is 3. The Labute approximate surface area is 164 Å². The molecule has 0 atom stereocenters. The van der Waals surface area contributed by atoms with Gasteiger partial charge in [0.25, 0.3) is 0 Å². The molecule has 2 heterocycles. The molecule has 3 rings (SSSR count). The molecule has 1 aromatic carbocycles. The summed E-state index contributed by atoms with van der Waals surface area (Å²) in [5.74, 6) is -0.160. The quantitative estimate of drug-likeness (QED) is 0.692. The third kappa shape index (κ3) is 4.83. The SMILES string of the molecule is O=C(Cc1cc(Cl)ccc1O)NC1=CCN(C2(CCO)CCOCC2)C=C1. The van der Waals surface area contributed by atoms with Crippen molar-refractivity contribution in [3.05, 3.63) is 52.8 Å². The number of halogens is 1. The lowest BCUT2D eigenvalue weighted by molar-refractivity contribution is -0.119. The first kappa shape index (κ1) is 19.7. The average Bonchev–Trinajstić information content (AvgIpc) is 2.66. The van der Waals surface area contributed by atoms with Crippen LogP contribution in [-0.2, 0) is 16.0 Å². The lowest BCUT2D eigenvalue weighted by Crippen LogP contribution is -2.51. The highest BCUT2D eigenvalue weighted by Crippen LogP contribution is 2.33. The van der Waals surface area contributed by atoms with Crippen LogP contribution >= 0.6 is 11.6 Å². The molecule has 0 bridgehead atoms. The van der Waals surface area contributed by atoms with Crippen molar-refractivity contribution in [2.75, 3.05) is 26.4 Å². The lowest BCUT2D eigenvalue weighted by atomic mass is 9.84. The monoisotopic (exact) mass is 392 g/mol. The van der Waals surface area contributed by atoms with E-state index in [1.54, 1.807) is 12.1 Å². The summed E-state index contributed by atoms with van der Waals surface area (Å²) in [6, 6.07) is 4.65. The van der Waals surface area contributed by atoms with E-state index in [-0.39, 0.29) is 30.2 Å². The third-order valence-electron chi connectivity index (χ3n) is 5.23. The molecular formula is C20H25ClN2O4. The number of aliphatic hydroxyl groups excluding tert-OH is 1. The summed E-state index contributed by atoms with van der Waals surface area (Å²) in [5, 5.41) is 22.7. The number of allylic oxidation sites excluding steroid dienone is 1. The number of aliphatic hydroxyl groups is 1. The second-order valence-electron chi connectivity index (χ2n) is 6.94. The second kappa shape index (κ2) is 8.78. The molecule has 0 radical (unpaired) electrons. The van der Waals surface area contributed by atoms with Crippen LogP contribution in [0.5, 0.6) is 5.75 Å². The van der Waals surface area contributed by atoms with Crippen molar-refractivity contribution in [3.8, 4) is 5.75 Å². The number of benzene rings is 1. The maximum absolute atomic E-state index is 12.3. The highest BCUT2D eigenvalue weighted by molar-refractivity contribution is 6.30. The zero-order chi connectivity index (χ0) is 19.3. The number of phenolic OH excluding ortho intramolecular Hbond substituents is 1. The number of carbonyl (C=O) groups is 1. The van der Waals surface area contributed by atoms with E-state index in [0.29, 0.717) is 36.8 Å². The lowest BCUT2D eigenvalue weighted by Gasteiger charge is -2.46.